The van der Waals surface area contributed by atoms with Gasteiger partial charge < -0.3 is 19.1 Å². The average Bonchev–Trinajstić information content (AvgIpc) is 3.09. The van der Waals surface area contributed by atoms with E-state index >= 15 is 0 Å². The molecule has 2 heterocycles. The summed E-state index contributed by atoms with van der Waals surface area (Å²) in [6.07, 6.45) is -1.72. The number of nitro benzene ring substituents is 1. The number of carbonyl (C=O) groups excluding carboxylic acids is 3. The lowest BCUT2D eigenvalue weighted by atomic mass is 9.88. The highest BCUT2D eigenvalue weighted by molar-refractivity contribution is 8.01. The number of non-ortho nitro benzene ring substituents is 1. The van der Waals surface area contributed by atoms with Crippen LogP contribution in [-0.2, 0) is 37.0 Å². The zero-order valence-corrected chi connectivity index (χ0v) is 20.8. The van der Waals surface area contributed by atoms with Gasteiger partial charge in [0.05, 0.1) is 10.3 Å². The summed E-state index contributed by atoms with van der Waals surface area (Å²) in [5.74, 6) is -1.37. The average molecular weight is 515 g/mol. The molecule has 2 aromatic rings. The van der Waals surface area contributed by atoms with E-state index in [0.29, 0.717) is 5.56 Å². The molecule has 190 valence electrons. The van der Waals surface area contributed by atoms with Crippen molar-refractivity contribution in [2.45, 2.75) is 56.3 Å². The van der Waals surface area contributed by atoms with Crippen molar-refractivity contribution in [3.05, 3.63) is 75.8 Å². The number of carbonyl (C=O) groups is 3. The van der Waals surface area contributed by atoms with Crippen LogP contribution in [0.2, 0.25) is 0 Å². The molecular weight excluding hydrogens is 488 g/mol. The second-order valence-corrected chi connectivity index (χ2v) is 10.9. The number of amides is 1. The molecule has 1 amide bonds. The molecule has 0 spiro atoms. The van der Waals surface area contributed by atoms with Crippen molar-refractivity contribution in [2.24, 2.45) is 5.92 Å². The molecule has 4 atom stereocenters. The van der Waals surface area contributed by atoms with Gasteiger partial charge in [-0.15, -0.1) is 11.8 Å². The third-order valence-corrected chi connectivity index (χ3v) is 7.81. The Hall–Kier alpha value is -3.60. The minimum Gasteiger partial charge on any atom is -0.459 e. The molecule has 10 nitrogen and oxygen atoms in total. The third kappa shape index (κ3) is 5.15. The Labute approximate surface area is 212 Å². The zero-order chi connectivity index (χ0) is 26.0. The van der Waals surface area contributed by atoms with Gasteiger partial charge in [-0.25, -0.2) is 9.59 Å². The first-order chi connectivity index (χ1) is 17.1. The van der Waals surface area contributed by atoms with Gasteiger partial charge in [-0.1, -0.05) is 30.3 Å². The quantitative estimate of drug-likeness (QED) is 0.222. The predicted octanol–water partition coefficient (Wildman–Crippen LogP) is 4.06. The smallest absolute Gasteiger partial charge is 0.459 e. The lowest BCUT2D eigenvalue weighted by Crippen LogP contribution is -2.65. The van der Waals surface area contributed by atoms with Crippen molar-refractivity contribution in [3.8, 4) is 0 Å². The summed E-state index contributed by atoms with van der Waals surface area (Å²) in [5, 5.41) is 10.4. The van der Waals surface area contributed by atoms with Gasteiger partial charge in [0.2, 0.25) is 5.91 Å². The monoisotopic (exact) mass is 514 g/mol. The van der Waals surface area contributed by atoms with Crippen LogP contribution in [0.5, 0.6) is 0 Å². The molecule has 0 aliphatic carbocycles. The van der Waals surface area contributed by atoms with E-state index in [-0.39, 0.29) is 30.2 Å². The first-order valence-corrected chi connectivity index (χ1v) is 12.2. The van der Waals surface area contributed by atoms with Crippen LogP contribution in [-0.4, -0.2) is 50.1 Å². The molecule has 36 heavy (non-hydrogen) atoms. The van der Waals surface area contributed by atoms with Crippen LogP contribution in [0.15, 0.2) is 54.6 Å². The fraction of sp³-hybridized carbons (Fsp3) is 0.400. The molecule has 0 N–H and O–H groups in total. The Balaban J connectivity index is 1.31. The van der Waals surface area contributed by atoms with Crippen LogP contribution in [0.4, 0.5) is 10.5 Å². The van der Waals surface area contributed by atoms with E-state index in [4.69, 9.17) is 14.2 Å². The van der Waals surface area contributed by atoms with E-state index in [1.807, 2.05) is 44.2 Å². The zero-order valence-electron chi connectivity index (χ0n) is 20.0. The molecule has 0 saturated carbocycles. The number of β-lactam (4-membered cyclic amide) rings is 1. The molecule has 1 unspecified atom stereocenters. The molecule has 0 bridgehead atoms. The number of hydrogen-bond donors (Lipinski definition) is 0. The number of esters is 1. The third-order valence-electron chi connectivity index (χ3n) is 6.22. The Kier molecular flexibility index (Phi) is 7.21. The van der Waals surface area contributed by atoms with E-state index in [1.54, 1.807) is 6.92 Å². The maximum atomic E-state index is 13.0. The van der Waals surface area contributed by atoms with Crippen LogP contribution in [0, 0.1) is 16.0 Å². The number of fused-ring (bicyclic) bond motifs is 1. The number of thioether (sulfide) groups is 1. The second kappa shape index (κ2) is 10.2. The fourth-order valence-corrected chi connectivity index (χ4v) is 6.16. The summed E-state index contributed by atoms with van der Waals surface area (Å²) >= 11 is 1.47. The van der Waals surface area contributed by atoms with Crippen LogP contribution in [0.1, 0.15) is 31.9 Å². The summed E-state index contributed by atoms with van der Waals surface area (Å²) in [7, 11) is 0. The Morgan fingerprint density at radius 2 is 1.67 bits per heavy atom. The van der Waals surface area contributed by atoms with Gasteiger partial charge in [0.15, 0.2) is 0 Å². The van der Waals surface area contributed by atoms with Crippen molar-refractivity contribution in [1.29, 1.82) is 0 Å². The maximum Gasteiger partial charge on any atom is 0.508 e. The van der Waals surface area contributed by atoms with Crippen molar-refractivity contribution in [2.75, 3.05) is 0 Å². The van der Waals surface area contributed by atoms with Gasteiger partial charge in [-0.3, -0.25) is 14.9 Å². The standard InChI is InChI=1S/C25H26N2O8S/c1-15(35-24(30)34-14-17-9-11-18(12-10-17)27(31)32)19-21(28)26-20(25(2,3)36-22(19)26)23(29)33-13-16-7-5-4-6-8-16/h4-12,15,19-20,22H,13-14H2,1-3H3/t15?,19-,20-,22+/m0/s1. The Morgan fingerprint density at radius 3 is 2.31 bits per heavy atom. The lowest BCUT2D eigenvalue weighted by Gasteiger charge is -2.45. The number of hydrogen-bond acceptors (Lipinski definition) is 9. The molecule has 4 rings (SSSR count). The molecule has 2 aromatic carbocycles. The number of nitro groups is 1. The molecule has 2 saturated heterocycles. The Morgan fingerprint density at radius 1 is 1.06 bits per heavy atom. The van der Waals surface area contributed by atoms with Gasteiger partial charge in [0.1, 0.15) is 31.3 Å². The van der Waals surface area contributed by atoms with E-state index in [0.717, 1.165) is 5.56 Å². The molecule has 11 heteroatoms. The summed E-state index contributed by atoms with van der Waals surface area (Å²) in [5.41, 5.74) is 1.34. The lowest BCUT2D eigenvalue weighted by molar-refractivity contribution is -0.384. The topological polar surface area (TPSA) is 125 Å². The molecule has 2 fully saturated rings. The first kappa shape index (κ1) is 25.5. The SMILES string of the molecule is CC(OC(=O)OCc1ccc([N+](=O)[O-])cc1)[C@H]1C(=O)N2[C@@H]1SC(C)(C)[C@@H]2C(=O)OCc1ccccc1. The minimum atomic E-state index is -0.951. The predicted molar refractivity (Wildman–Crippen MR) is 130 cm³/mol. The number of benzene rings is 2. The largest absolute Gasteiger partial charge is 0.508 e. The summed E-state index contributed by atoms with van der Waals surface area (Å²) in [6, 6.07) is 14.1. The molecule has 0 radical (unpaired) electrons. The van der Waals surface area contributed by atoms with Gasteiger partial charge in [-0.05, 0) is 44.0 Å². The van der Waals surface area contributed by atoms with E-state index < -0.39 is 39.9 Å². The molecule has 0 aromatic heterocycles. The van der Waals surface area contributed by atoms with Crippen molar-refractivity contribution in [3.63, 3.8) is 0 Å². The van der Waals surface area contributed by atoms with Crippen LogP contribution < -0.4 is 0 Å². The molecule has 2 aliphatic rings. The van der Waals surface area contributed by atoms with Gasteiger partial charge in [-0.2, -0.15) is 0 Å². The van der Waals surface area contributed by atoms with E-state index in [9.17, 15) is 24.5 Å². The molecule has 2 aliphatic heterocycles. The van der Waals surface area contributed by atoms with E-state index in [2.05, 4.69) is 0 Å². The number of nitrogens with zero attached hydrogens (tertiary/aromatic N) is 2. The fourth-order valence-electron chi connectivity index (χ4n) is 4.38. The Bertz CT molecular complexity index is 1150. The number of ether oxygens (including phenoxy) is 3. The highest BCUT2D eigenvalue weighted by Gasteiger charge is 2.65. The van der Waals surface area contributed by atoms with Crippen molar-refractivity contribution >= 4 is 35.5 Å². The second-order valence-electron chi connectivity index (χ2n) is 9.16. The number of rotatable bonds is 8. The van der Waals surface area contributed by atoms with Crippen LogP contribution in [0.3, 0.4) is 0 Å². The highest BCUT2D eigenvalue weighted by atomic mass is 32.2. The van der Waals surface area contributed by atoms with Gasteiger partial charge in [0.25, 0.3) is 5.69 Å². The van der Waals surface area contributed by atoms with Gasteiger partial charge >= 0.3 is 12.1 Å². The van der Waals surface area contributed by atoms with Crippen molar-refractivity contribution in [1.82, 2.24) is 4.90 Å². The summed E-state index contributed by atoms with van der Waals surface area (Å²) in [4.78, 5) is 49.9. The first-order valence-electron chi connectivity index (χ1n) is 11.4. The van der Waals surface area contributed by atoms with Crippen LogP contribution in [0.25, 0.3) is 0 Å². The normalized spacial score (nSPS) is 22.7. The molecular formula is C25H26N2O8S. The highest BCUT2D eigenvalue weighted by Crippen LogP contribution is 2.54. The van der Waals surface area contributed by atoms with Crippen LogP contribution >= 0.6 is 11.8 Å². The summed E-state index contributed by atoms with van der Waals surface area (Å²) < 4.78 is 15.4. The maximum absolute atomic E-state index is 13.0. The van der Waals surface area contributed by atoms with Gasteiger partial charge in [0, 0.05) is 16.9 Å². The minimum absolute atomic E-state index is 0.0674. The summed E-state index contributed by atoms with van der Waals surface area (Å²) in [6.45, 7) is 5.38. The van der Waals surface area contributed by atoms with E-state index in [1.165, 1.54) is 40.9 Å². The van der Waals surface area contributed by atoms with Crippen molar-refractivity contribution < 1.29 is 33.5 Å².